The van der Waals surface area contributed by atoms with Crippen molar-refractivity contribution < 1.29 is 121 Å². The van der Waals surface area contributed by atoms with E-state index in [9.17, 15) is 28.2 Å². The molecule has 0 saturated carbocycles. The van der Waals surface area contributed by atoms with Gasteiger partial charge in [-0.25, -0.2) is 0 Å². The molecule has 1 rings (SSSR count). The molecular weight excluding hydrogens is 309 g/mol. The molecule has 0 aliphatic rings. The molecule has 11 heteroatoms. The van der Waals surface area contributed by atoms with Crippen LogP contribution in [0.4, 0.5) is 0 Å². The van der Waals surface area contributed by atoms with E-state index in [2.05, 4.69) is 6.07 Å². The first-order valence-electron chi connectivity index (χ1n) is 3.69. The third-order valence-corrected chi connectivity index (χ3v) is 2.60. The number of carboxylic acids is 2. The Labute approximate surface area is 175 Å². The number of carbonyl (C=O) groups is 2. The molecule has 0 aromatic heterocycles. The summed E-state index contributed by atoms with van der Waals surface area (Å²) in [6.45, 7) is 0. The summed E-state index contributed by atoms with van der Waals surface area (Å²) in [5, 5.41) is 21.0. The molecule has 0 unspecified atom stereocenters. The van der Waals surface area contributed by atoms with E-state index in [-0.39, 0.29) is 88.7 Å². The molecule has 0 heterocycles. The summed E-state index contributed by atoms with van der Waals surface area (Å²) in [7, 11) is -5.02. The van der Waals surface area contributed by atoms with Gasteiger partial charge in [0, 0.05) is 16.8 Å². The van der Waals surface area contributed by atoms with Crippen molar-refractivity contribution in [2.24, 2.45) is 0 Å². The minimum atomic E-state index is -5.02. The van der Waals surface area contributed by atoms with Crippen molar-refractivity contribution in [3.05, 3.63) is 29.3 Å². The van der Waals surface area contributed by atoms with Crippen LogP contribution in [0, 0.1) is 6.07 Å². The molecule has 0 atom stereocenters. The maximum absolute atomic E-state index is 10.8. The van der Waals surface area contributed by atoms with Crippen molar-refractivity contribution in [1.29, 1.82) is 0 Å². The summed E-state index contributed by atoms with van der Waals surface area (Å²) >= 11 is 0. The van der Waals surface area contributed by atoms with E-state index in [0.29, 0.717) is 12.1 Å². The van der Waals surface area contributed by atoms with Crippen LogP contribution in [0.25, 0.3) is 0 Å². The minimum Gasteiger partial charge on any atom is -0.559 e. The topological polar surface area (TPSA) is 135 Å². The Morgan fingerprint density at radius 2 is 1.32 bits per heavy atom. The first-order valence-corrected chi connectivity index (χ1v) is 5.13. The quantitative estimate of drug-likeness (QED) is 0.332. The zero-order chi connectivity index (χ0) is 12.5. The fourth-order valence-corrected chi connectivity index (χ4v) is 1.91. The smallest absolute Gasteiger partial charge is 0.559 e. The maximum Gasteiger partial charge on any atom is 1.00 e. The van der Waals surface area contributed by atoms with Crippen LogP contribution in [0.1, 0.15) is 20.7 Å². The average molecular weight is 312 g/mol. The molecule has 0 spiro atoms. The van der Waals surface area contributed by atoms with Gasteiger partial charge in [0.05, 0.1) is 0 Å². The molecule has 0 saturated heterocycles. The van der Waals surface area contributed by atoms with E-state index in [4.69, 9.17) is 4.55 Å². The fraction of sp³-hybridized carbons (Fsp3) is 0. The van der Waals surface area contributed by atoms with Crippen LogP contribution in [0.3, 0.4) is 0 Å². The second-order valence-electron chi connectivity index (χ2n) is 2.66. The number of carboxylic acid groups (broad SMARTS) is 2. The van der Waals surface area contributed by atoms with Gasteiger partial charge in [-0.15, -0.1) is 0 Å². The van der Waals surface area contributed by atoms with Gasteiger partial charge < -0.3 is 19.8 Å². The molecule has 1 aromatic carbocycles. The number of hydrogen-bond donors (Lipinski definition) is 1. The van der Waals surface area contributed by atoms with Crippen LogP contribution in [-0.2, 0) is 10.1 Å². The normalized spacial score (nSPS) is 9.32. The van der Waals surface area contributed by atoms with E-state index in [1.165, 1.54) is 0 Å². The fourth-order valence-electron chi connectivity index (χ4n) is 1.07. The third-order valence-electron chi connectivity index (χ3n) is 1.64. The first-order chi connectivity index (χ1) is 7.25. The molecule has 0 amide bonds. The SMILES string of the molecule is O=C([O-])c1c[c-]cc(C(=O)[O-])c1S(=O)(=O)O.[Na+].[Na+].[Na+]. The molecule has 0 fully saturated rings. The summed E-state index contributed by atoms with van der Waals surface area (Å²) in [4.78, 5) is 19.8. The average Bonchev–Trinajstić information content (AvgIpc) is 2.15. The molecule has 86 valence electrons. The second kappa shape index (κ2) is 9.91. The van der Waals surface area contributed by atoms with Gasteiger partial charge in [0.2, 0.25) is 0 Å². The first kappa shape index (κ1) is 25.0. The molecule has 0 aliphatic heterocycles. The summed E-state index contributed by atoms with van der Waals surface area (Å²) in [6.07, 6.45) is 0. The zero-order valence-electron chi connectivity index (χ0n) is 10.5. The van der Waals surface area contributed by atoms with E-state index in [0.717, 1.165) is 0 Å². The number of benzene rings is 1. The van der Waals surface area contributed by atoms with Crippen molar-refractivity contribution in [2.45, 2.75) is 4.90 Å². The van der Waals surface area contributed by atoms with Crippen molar-refractivity contribution in [1.82, 2.24) is 0 Å². The van der Waals surface area contributed by atoms with Gasteiger partial charge in [-0.3, -0.25) is 4.55 Å². The predicted octanol–water partition coefficient (Wildman–Crippen LogP) is -11.5. The largest absolute Gasteiger partial charge is 1.00 e. The minimum absolute atomic E-state index is 0. The molecule has 7 nitrogen and oxygen atoms in total. The van der Waals surface area contributed by atoms with E-state index < -0.39 is 38.1 Å². The Morgan fingerprint density at radius 1 is 1.00 bits per heavy atom. The Balaban J connectivity index is -0.000000853. The second-order valence-corrected chi connectivity index (χ2v) is 4.02. The van der Waals surface area contributed by atoms with Gasteiger partial charge in [-0.1, -0.05) is 11.1 Å². The molecular formula is C8H3Na3O7S. The number of hydrogen-bond acceptors (Lipinski definition) is 6. The monoisotopic (exact) mass is 312 g/mol. The van der Waals surface area contributed by atoms with E-state index in [1.54, 1.807) is 0 Å². The van der Waals surface area contributed by atoms with E-state index in [1.807, 2.05) is 0 Å². The van der Waals surface area contributed by atoms with Crippen LogP contribution in [-0.4, -0.2) is 24.9 Å². The third kappa shape index (κ3) is 6.58. The maximum atomic E-state index is 10.8. The molecule has 0 bridgehead atoms. The Morgan fingerprint density at radius 3 is 1.53 bits per heavy atom. The number of aromatic carboxylic acids is 2. The molecule has 0 aliphatic carbocycles. The Kier molecular flexibility index (Phi) is 13.1. The summed E-state index contributed by atoms with van der Waals surface area (Å²) in [6, 6.07) is 3.43. The predicted molar refractivity (Wildman–Crippen MR) is 43.8 cm³/mol. The molecule has 1 aromatic rings. The van der Waals surface area contributed by atoms with Crippen LogP contribution in [0.5, 0.6) is 0 Å². The Bertz CT molecular complexity index is 537. The van der Waals surface area contributed by atoms with Crippen molar-refractivity contribution in [2.75, 3.05) is 0 Å². The van der Waals surface area contributed by atoms with Gasteiger partial charge >= 0.3 is 88.7 Å². The van der Waals surface area contributed by atoms with Gasteiger partial charge in [-0.05, 0) is 0 Å². The van der Waals surface area contributed by atoms with E-state index >= 15 is 0 Å². The molecule has 0 radical (unpaired) electrons. The summed E-state index contributed by atoms with van der Waals surface area (Å²) in [5.41, 5.74) is -1.99. The van der Waals surface area contributed by atoms with Crippen LogP contribution in [0.2, 0.25) is 0 Å². The standard InChI is InChI=1S/C8H5O7S.3Na/c9-7(10)4-2-1-3-5(8(11)12)6(4)16(13,14)15;;;/h2-3H,(H,9,10)(H,11,12)(H,13,14,15);;;/q-1;3*+1/p-2. The van der Waals surface area contributed by atoms with Crippen LogP contribution < -0.4 is 98.9 Å². The van der Waals surface area contributed by atoms with Gasteiger partial charge in [0.25, 0.3) is 10.1 Å². The van der Waals surface area contributed by atoms with Crippen molar-refractivity contribution >= 4 is 22.1 Å². The van der Waals surface area contributed by atoms with Crippen LogP contribution >= 0.6 is 0 Å². The molecule has 19 heavy (non-hydrogen) atoms. The van der Waals surface area contributed by atoms with Crippen molar-refractivity contribution in [3.8, 4) is 0 Å². The number of rotatable bonds is 3. The van der Waals surface area contributed by atoms with Crippen molar-refractivity contribution in [3.63, 3.8) is 0 Å². The van der Waals surface area contributed by atoms with Gasteiger partial charge in [-0.2, -0.15) is 26.6 Å². The zero-order valence-corrected chi connectivity index (χ0v) is 17.3. The van der Waals surface area contributed by atoms with Gasteiger partial charge in [0.15, 0.2) is 0 Å². The Hall–Kier alpha value is 1.07. The number of carbonyl (C=O) groups excluding carboxylic acids is 2. The van der Waals surface area contributed by atoms with Gasteiger partial charge in [0.1, 0.15) is 0 Å². The summed E-state index contributed by atoms with van der Waals surface area (Å²) < 4.78 is 30.4. The summed E-state index contributed by atoms with van der Waals surface area (Å²) in [5.74, 6) is -3.90. The van der Waals surface area contributed by atoms with Crippen LogP contribution in [0.15, 0.2) is 17.0 Å². The molecule has 1 N–H and O–H groups in total.